The first-order valence-electron chi connectivity index (χ1n) is 11.9. The summed E-state index contributed by atoms with van der Waals surface area (Å²) in [4.78, 5) is 18.0. The fourth-order valence-electron chi connectivity index (χ4n) is 4.78. The number of likely N-dealkylation sites (tertiary alicyclic amines) is 2. The number of benzene rings is 1. The van der Waals surface area contributed by atoms with Crippen LogP contribution >= 0.6 is 11.6 Å². The molecule has 2 saturated heterocycles. The van der Waals surface area contributed by atoms with Crippen LogP contribution in [-0.4, -0.2) is 81.8 Å². The van der Waals surface area contributed by atoms with Gasteiger partial charge >= 0.3 is 0 Å². The highest BCUT2D eigenvalue weighted by Gasteiger charge is 2.26. The van der Waals surface area contributed by atoms with Gasteiger partial charge in [-0.25, -0.2) is 0 Å². The molecule has 0 unspecified atom stereocenters. The number of ether oxygens (including phenoxy) is 2. The fraction of sp³-hybridized carbons (Fsp3) is 0.708. The van der Waals surface area contributed by atoms with Gasteiger partial charge in [0.05, 0.1) is 23.4 Å². The lowest BCUT2D eigenvalue weighted by atomic mass is 9.94. The molecule has 1 aromatic carbocycles. The van der Waals surface area contributed by atoms with Crippen molar-refractivity contribution in [1.82, 2.24) is 15.1 Å². The molecule has 0 bridgehead atoms. The summed E-state index contributed by atoms with van der Waals surface area (Å²) in [5.74, 6) is 1.09. The van der Waals surface area contributed by atoms with Gasteiger partial charge in [-0.05, 0) is 70.1 Å². The predicted molar refractivity (Wildman–Crippen MR) is 130 cm³/mol. The summed E-state index contributed by atoms with van der Waals surface area (Å²) in [6.45, 7) is 7.74. The fourth-order valence-corrected chi connectivity index (χ4v) is 4.94. The Morgan fingerprint density at radius 1 is 1.09 bits per heavy atom. The number of carbonyl (C=O) groups is 1. The van der Waals surface area contributed by atoms with E-state index in [-0.39, 0.29) is 11.9 Å². The molecular weight excluding hydrogens is 428 g/mol. The molecule has 1 aromatic rings. The summed E-state index contributed by atoms with van der Waals surface area (Å²) in [7, 11) is 3.30. The normalized spacial score (nSPS) is 19.2. The zero-order valence-corrected chi connectivity index (χ0v) is 20.3. The van der Waals surface area contributed by atoms with E-state index in [4.69, 9.17) is 26.8 Å². The highest BCUT2D eigenvalue weighted by molar-refractivity contribution is 6.33. The van der Waals surface area contributed by atoms with Crippen LogP contribution in [0.25, 0.3) is 0 Å². The van der Waals surface area contributed by atoms with Gasteiger partial charge in [0.15, 0.2) is 0 Å². The van der Waals surface area contributed by atoms with E-state index in [0.29, 0.717) is 22.0 Å². The van der Waals surface area contributed by atoms with E-state index >= 15 is 0 Å². The Morgan fingerprint density at radius 3 is 2.44 bits per heavy atom. The number of anilines is 1. The number of unbranched alkanes of at least 4 members (excludes halogenated alkanes) is 1. The number of halogens is 1. The van der Waals surface area contributed by atoms with E-state index in [9.17, 15) is 4.79 Å². The molecule has 0 radical (unpaired) electrons. The van der Waals surface area contributed by atoms with E-state index in [0.717, 1.165) is 44.9 Å². The summed E-state index contributed by atoms with van der Waals surface area (Å²) in [5, 5.41) is 3.52. The molecule has 8 heteroatoms. The van der Waals surface area contributed by atoms with Crippen LogP contribution in [0.2, 0.25) is 5.02 Å². The Kier molecular flexibility index (Phi) is 9.91. The lowest BCUT2D eigenvalue weighted by molar-refractivity contribution is 0.0887. The number of hydrogen-bond acceptors (Lipinski definition) is 6. The number of rotatable bonds is 10. The Morgan fingerprint density at radius 2 is 1.78 bits per heavy atom. The van der Waals surface area contributed by atoms with E-state index < -0.39 is 0 Å². The SMILES string of the molecule is COCCCCN1CCC(CN2CCC(NC(=O)c3cc(Cl)c(N)cc3OC)CC2)CC1. The molecule has 0 aromatic heterocycles. The van der Waals surface area contributed by atoms with Crippen LogP contribution in [0.4, 0.5) is 5.69 Å². The van der Waals surface area contributed by atoms with Gasteiger partial charge in [-0.3, -0.25) is 4.79 Å². The van der Waals surface area contributed by atoms with Crippen molar-refractivity contribution in [1.29, 1.82) is 0 Å². The number of nitrogen functional groups attached to an aromatic ring is 1. The minimum absolute atomic E-state index is 0.153. The van der Waals surface area contributed by atoms with Crippen molar-refractivity contribution in [2.45, 2.75) is 44.6 Å². The van der Waals surface area contributed by atoms with Gasteiger partial charge in [-0.2, -0.15) is 0 Å². The molecule has 180 valence electrons. The van der Waals surface area contributed by atoms with Gasteiger partial charge in [0.1, 0.15) is 5.75 Å². The largest absolute Gasteiger partial charge is 0.496 e. The van der Waals surface area contributed by atoms with Gasteiger partial charge in [0.2, 0.25) is 0 Å². The van der Waals surface area contributed by atoms with Gasteiger partial charge in [-0.15, -0.1) is 0 Å². The molecule has 2 aliphatic rings. The number of amides is 1. The minimum Gasteiger partial charge on any atom is -0.496 e. The first-order valence-corrected chi connectivity index (χ1v) is 12.3. The predicted octanol–water partition coefficient (Wildman–Crippen LogP) is 3.26. The summed E-state index contributed by atoms with van der Waals surface area (Å²) < 4.78 is 10.5. The third kappa shape index (κ3) is 7.24. The number of carbonyl (C=O) groups excluding carboxylic acids is 1. The third-order valence-electron chi connectivity index (χ3n) is 6.78. The van der Waals surface area contributed by atoms with Crippen molar-refractivity contribution >= 4 is 23.2 Å². The second kappa shape index (κ2) is 12.6. The van der Waals surface area contributed by atoms with Crippen LogP contribution in [0, 0.1) is 5.92 Å². The van der Waals surface area contributed by atoms with Crippen LogP contribution < -0.4 is 15.8 Å². The van der Waals surface area contributed by atoms with Gasteiger partial charge in [0, 0.05) is 45.5 Å². The third-order valence-corrected chi connectivity index (χ3v) is 7.11. The zero-order valence-electron chi connectivity index (χ0n) is 19.6. The van der Waals surface area contributed by atoms with Gasteiger partial charge in [0.25, 0.3) is 5.91 Å². The first kappa shape index (κ1) is 25.1. The number of hydrogen-bond donors (Lipinski definition) is 2. The maximum atomic E-state index is 12.8. The number of nitrogens with one attached hydrogen (secondary N) is 1. The van der Waals surface area contributed by atoms with E-state index in [1.165, 1.54) is 52.6 Å². The lowest BCUT2D eigenvalue weighted by Gasteiger charge is -2.38. The maximum Gasteiger partial charge on any atom is 0.255 e. The first-order chi connectivity index (χ1) is 15.5. The summed E-state index contributed by atoms with van der Waals surface area (Å²) in [5.41, 5.74) is 6.67. The molecule has 3 N–H and O–H groups in total. The van der Waals surface area contributed by atoms with Crippen molar-refractivity contribution in [3.63, 3.8) is 0 Å². The van der Waals surface area contributed by atoms with Crippen LogP contribution in [0.1, 0.15) is 48.9 Å². The summed E-state index contributed by atoms with van der Waals surface area (Å²) in [6.07, 6.45) is 6.90. The van der Waals surface area contributed by atoms with Crippen LogP contribution in [0.5, 0.6) is 5.75 Å². The molecule has 32 heavy (non-hydrogen) atoms. The number of piperidine rings is 2. The Hall–Kier alpha value is -1.54. The Labute approximate surface area is 197 Å². The highest BCUT2D eigenvalue weighted by Crippen LogP contribution is 2.29. The van der Waals surface area contributed by atoms with Gasteiger partial charge < -0.3 is 30.3 Å². The van der Waals surface area contributed by atoms with E-state index in [1.807, 2.05) is 0 Å². The molecule has 2 aliphatic heterocycles. The molecule has 0 aliphatic carbocycles. The molecule has 1 amide bonds. The van der Waals surface area contributed by atoms with E-state index in [1.54, 1.807) is 19.2 Å². The zero-order chi connectivity index (χ0) is 22.9. The maximum absolute atomic E-state index is 12.8. The summed E-state index contributed by atoms with van der Waals surface area (Å²) >= 11 is 6.11. The monoisotopic (exact) mass is 466 g/mol. The molecule has 0 atom stereocenters. The second-order valence-electron chi connectivity index (χ2n) is 9.11. The lowest BCUT2D eigenvalue weighted by Crippen LogP contribution is -2.47. The molecule has 2 heterocycles. The van der Waals surface area contributed by atoms with Crippen LogP contribution in [0.3, 0.4) is 0 Å². The Balaban J connectivity index is 1.37. The van der Waals surface area contributed by atoms with Crippen molar-refractivity contribution < 1.29 is 14.3 Å². The Bertz CT molecular complexity index is 732. The molecule has 2 fully saturated rings. The van der Waals surface area contributed by atoms with E-state index in [2.05, 4.69) is 15.1 Å². The smallest absolute Gasteiger partial charge is 0.255 e. The average molecular weight is 467 g/mol. The molecular formula is C24H39ClN4O3. The van der Waals surface area contributed by atoms with Crippen LogP contribution in [-0.2, 0) is 4.74 Å². The molecule has 0 spiro atoms. The second-order valence-corrected chi connectivity index (χ2v) is 9.51. The van der Waals surface area contributed by atoms with Gasteiger partial charge in [-0.1, -0.05) is 11.6 Å². The molecule has 3 rings (SSSR count). The number of nitrogens with zero attached hydrogens (tertiary/aromatic N) is 2. The molecule has 0 saturated carbocycles. The van der Waals surface area contributed by atoms with Crippen molar-refractivity contribution in [3.8, 4) is 5.75 Å². The number of methoxy groups -OCH3 is 2. The number of nitrogens with two attached hydrogens (primary N) is 1. The average Bonchev–Trinajstić information content (AvgIpc) is 2.80. The van der Waals surface area contributed by atoms with Crippen molar-refractivity contribution in [2.75, 3.05) is 65.8 Å². The molecule has 7 nitrogen and oxygen atoms in total. The quantitative estimate of drug-likeness (QED) is 0.407. The highest BCUT2D eigenvalue weighted by atomic mass is 35.5. The van der Waals surface area contributed by atoms with Crippen LogP contribution in [0.15, 0.2) is 12.1 Å². The summed E-state index contributed by atoms with van der Waals surface area (Å²) in [6, 6.07) is 3.36. The standard InChI is InChI=1S/C24H39ClN4O3/c1-31-14-4-3-9-28-10-5-18(6-11-28)17-29-12-7-19(8-13-29)27-24(30)20-15-21(25)22(26)16-23(20)32-2/h15-16,18-19H,3-14,17,26H2,1-2H3,(H,27,30). The topological polar surface area (TPSA) is 80.1 Å². The van der Waals surface area contributed by atoms with Crippen molar-refractivity contribution in [3.05, 3.63) is 22.7 Å². The van der Waals surface area contributed by atoms with Crippen molar-refractivity contribution in [2.24, 2.45) is 5.92 Å². The minimum atomic E-state index is -0.153.